The van der Waals surface area contributed by atoms with Gasteiger partial charge in [-0.3, -0.25) is 19.6 Å². The van der Waals surface area contributed by atoms with Gasteiger partial charge in [-0.05, 0) is 123 Å². The molecule has 5 N–H and O–H groups in total. The number of halogens is 14. The molecule has 8 aliphatic rings. The highest BCUT2D eigenvalue weighted by Gasteiger charge is 2.45. The molecule has 8 aromatic rings. The van der Waals surface area contributed by atoms with Gasteiger partial charge in [0.2, 0.25) is 0 Å². The molecule has 29 nitrogen and oxygen atoms in total. The molecule has 4 aromatic heterocycles. The smallest absolute Gasteiger partial charge is 0.414 e. The highest BCUT2D eigenvalue weighted by Crippen LogP contribution is 2.46. The summed E-state index contributed by atoms with van der Waals surface area (Å²) in [6, 6.07) is 7.33. The SMILES string of the molecule is O=C1O[C@@H](COc2ccon2)CN1c1cc(F)c(C2CCC(O)CC2)c(F)c1F.O=C1O[C@@H](COc2ccon2)CN1c1cc(F)c([C@H]2CC[C@@H](O)C(F)C2)c(F)c1F.O=C1O[C@@H](COc2ccon2)CN1c1cc(F)c([C@H]2CC[C@@H](O)[C@@H](O)C2)c(F)c1F.O=C1O[C@@H](Cn2ccnn2)CN1c1cc(F)c([C@H]2CC[C@@H](O)C(F)C2)c(F)c1F. The second-order valence-electron chi connectivity index (χ2n) is 29.1. The molecule has 0 radical (unpaired) electrons. The van der Waals surface area contributed by atoms with Gasteiger partial charge in [0.05, 0.1) is 92.2 Å². The Balaban J connectivity index is 0.000000136. The summed E-state index contributed by atoms with van der Waals surface area (Å²) < 4.78 is 256. The second kappa shape index (κ2) is 36.9. The number of benzene rings is 4. The quantitative estimate of drug-likeness (QED) is 0.0285. The van der Waals surface area contributed by atoms with Crippen molar-refractivity contribution in [2.24, 2.45) is 0 Å². The monoisotopic (exact) mass is 1680 g/mol. The van der Waals surface area contributed by atoms with Gasteiger partial charge in [0.1, 0.15) is 80.3 Å². The van der Waals surface area contributed by atoms with Gasteiger partial charge < -0.3 is 72.3 Å². The number of aliphatic hydroxyl groups is 5. The molecule has 8 heterocycles. The number of aliphatic hydroxyl groups excluding tert-OH is 5. The number of anilines is 4. The van der Waals surface area contributed by atoms with Gasteiger partial charge in [0.15, 0.2) is 64.8 Å². The Hall–Kier alpha value is -11.1. The van der Waals surface area contributed by atoms with Crippen molar-refractivity contribution < 1.29 is 153 Å². The molecule has 4 saturated carbocycles. The second-order valence-corrected chi connectivity index (χ2v) is 29.1. The molecule has 2 unspecified atom stereocenters. The highest BCUT2D eigenvalue weighted by atomic mass is 19.2. The molecule has 636 valence electrons. The van der Waals surface area contributed by atoms with E-state index in [-0.39, 0.29) is 134 Å². The largest absolute Gasteiger partial charge is 0.471 e. The first-order valence-electron chi connectivity index (χ1n) is 37.2. The zero-order chi connectivity index (χ0) is 84.1. The van der Waals surface area contributed by atoms with Crippen molar-refractivity contribution in [3.05, 3.63) is 166 Å². The number of carbonyl (C=O) groups is 4. The van der Waals surface area contributed by atoms with Crippen LogP contribution in [0, 0.1) is 69.8 Å². The molecule has 4 aromatic carbocycles. The number of alkyl halides is 2. The van der Waals surface area contributed by atoms with E-state index >= 15 is 0 Å². The van der Waals surface area contributed by atoms with Crippen LogP contribution in [0.25, 0.3) is 0 Å². The van der Waals surface area contributed by atoms with E-state index in [1.54, 1.807) is 6.20 Å². The maximum atomic E-state index is 14.8. The van der Waals surface area contributed by atoms with Gasteiger partial charge in [0.25, 0.3) is 17.6 Å². The molecule has 16 rings (SSSR count). The minimum atomic E-state index is -1.65. The molecule has 4 aliphatic carbocycles. The zero-order valence-corrected chi connectivity index (χ0v) is 61.7. The fraction of sp³-hybridized carbons (Fsp3) is 0.480. The number of aromatic nitrogens is 6. The molecular formula is C75H74F14N10O19. The number of rotatable bonds is 19. The Kier molecular flexibility index (Phi) is 26.5. The van der Waals surface area contributed by atoms with Gasteiger partial charge >= 0.3 is 24.4 Å². The lowest BCUT2D eigenvalue weighted by molar-refractivity contribution is -0.0156. The van der Waals surface area contributed by atoms with E-state index < -0.39 is 225 Å². The van der Waals surface area contributed by atoms with Gasteiger partial charge in [-0.2, -0.15) is 0 Å². The van der Waals surface area contributed by atoms with Crippen LogP contribution >= 0.6 is 0 Å². The maximum absolute atomic E-state index is 14.8. The Morgan fingerprint density at radius 2 is 0.695 bits per heavy atom. The van der Waals surface area contributed by atoms with E-state index in [1.165, 1.54) is 47.9 Å². The summed E-state index contributed by atoms with van der Waals surface area (Å²) in [5.41, 5.74) is -4.28. The van der Waals surface area contributed by atoms with E-state index in [9.17, 15) is 106 Å². The van der Waals surface area contributed by atoms with E-state index in [0.29, 0.717) is 31.7 Å². The molecule has 0 bridgehead atoms. The summed E-state index contributed by atoms with van der Waals surface area (Å²) in [7, 11) is 0. The molecule has 4 aliphatic heterocycles. The topological polar surface area (TPSA) is 356 Å². The standard InChI is InChI=1S/C19H18F4N2O5.C19H19F3N2O6.C19H19F3N2O5.C18H18F4N4O3/c20-11-5-9(1-2-14(11)26)16-12(21)6-13(17(22)18(16)23)25-7-10(30-19(25)27)8-28-15-3-4-29-24-15;20-11-6-12(17(21)18(22)16(11)9-1-2-13(25)14(26)5-9)24-7-10(30-19(24)27)8-28-15-3-4-29-23-15;20-13-7-14(17(21)18(22)16(13)10-1-3-11(25)4-2-10)24-8-12(29-19(24)26)9-27-15-5-6-28-23-15;19-11-5-9(1-2-14(11)27)15-12(20)6-13(16(21)17(15)22)26-8-10(29-18(26)28)7-25-4-3-23-24-25/h3-4,6,9-11,14,26H,1-2,5,7-8H2;3-4,6,9-10,13-14,25-26H,1-2,5,7-8H2;5-7,10-12,25H,1-4,8-9H2;3-4,6,9-11,14,27H,1-2,5,7-8H2/t9-,10+,11?,14+;9-,10+,13+,14-;10?,11?,12-;9-,10-,11?,14+/m0010/s1. The summed E-state index contributed by atoms with van der Waals surface area (Å²) in [5.74, 6) is -17.9. The number of amides is 4. The first-order chi connectivity index (χ1) is 56.5. The predicted molar refractivity (Wildman–Crippen MR) is 373 cm³/mol. The maximum Gasteiger partial charge on any atom is 0.414 e. The van der Waals surface area contributed by atoms with Crippen molar-refractivity contribution >= 4 is 47.1 Å². The van der Waals surface area contributed by atoms with Gasteiger partial charge in [-0.1, -0.05) is 5.21 Å². The van der Waals surface area contributed by atoms with Crippen molar-refractivity contribution in [2.45, 2.75) is 181 Å². The number of ether oxygens (including phenoxy) is 7. The highest BCUT2D eigenvalue weighted by molar-refractivity contribution is 5.92. The molecule has 43 heteroatoms. The first kappa shape index (κ1) is 84.9. The van der Waals surface area contributed by atoms with Crippen LogP contribution in [0.2, 0.25) is 0 Å². The minimum absolute atomic E-state index is 0.0136. The van der Waals surface area contributed by atoms with Crippen molar-refractivity contribution in [1.82, 2.24) is 30.5 Å². The van der Waals surface area contributed by atoms with E-state index in [0.717, 1.165) is 37.8 Å². The fourth-order valence-corrected chi connectivity index (χ4v) is 15.3. The lowest BCUT2D eigenvalue weighted by Crippen LogP contribution is -2.33. The van der Waals surface area contributed by atoms with Crippen LogP contribution in [-0.4, -0.2) is 194 Å². The van der Waals surface area contributed by atoms with Gasteiger partial charge in [0, 0.05) is 70.9 Å². The Bertz CT molecular complexity index is 4690. The summed E-state index contributed by atoms with van der Waals surface area (Å²) in [6.07, 6.45) is -6.98. The molecule has 118 heavy (non-hydrogen) atoms. The van der Waals surface area contributed by atoms with E-state index in [1.807, 2.05) is 0 Å². The number of cyclic esters (lactones) is 4. The van der Waals surface area contributed by atoms with Crippen LogP contribution in [0.15, 0.2) is 87.2 Å². The van der Waals surface area contributed by atoms with Crippen LogP contribution in [0.3, 0.4) is 0 Å². The van der Waals surface area contributed by atoms with Crippen LogP contribution in [0.1, 0.15) is 129 Å². The third kappa shape index (κ3) is 18.9. The Morgan fingerprint density at radius 3 is 1.01 bits per heavy atom. The Morgan fingerprint density at radius 1 is 0.381 bits per heavy atom. The average Bonchev–Trinajstić information content (AvgIpc) is 1.78. The summed E-state index contributed by atoms with van der Waals surface area (Å²) >= 11 is 0. The normalized spacial score (nSPS) is 26.3. The summed E-state index contributed by atoms with van der Waals surface area (Å²) in [5, 5.41) is 65.8. The number of nitrogens with zero attached hydrogens (tertiary/aromatic N) is 10. The van der Waals surface area contributed by atoms with Crippen molar-refractivity contribution in [3.8, 4) is 17.6 Å². The third-order valence-electron chi connectivity index (χ3n) is 21.3. The lowest BCUT2D eigenvalue weighted by atomic mass is 9.80. The molecule has 13 atom stereocenters. The number of hydrogen-bond donors (Lipinski definition) is 5. The minimum Gasteiger partial charge on any atom is -0.471 e. The predicted octanol–water partition coefficient (Wildman–Crippen LogP) is 12.1. The molecule has 0 spiro atoms. The van der Waals surface area contributed by atoms with Crippen molar-refractivity contribution in [1.29, 1.82) is 0 Å². The zero-order valence-electron chi connectivity index (χ0n) is 61.7. The van der Waals surface area contributed by atoms with Crippen molar-refractivity contribution in [2.75, 3.05) is 65.6 Å². The number of carbonyl (C=O) groups excluding carboxylic acids is 4. The molecule has 4 amide bonds. The van der Waals surface area contributed by atoms with Gasteiger partial charge in [-0.15, -0.1) is 5.10 Å². The van der Waals surface area contributed by atoms with Crippen LogP contribution in [0.5, 0.6) is 17.6 Å². The average molecular weight is 1690 g/mol. The molecule has 4 saturated heterocycles. The van der Waals surface area contributed by atoms with Crippen LogP contribution in [-0.2, 0) is 25.5 Å². The lowest BCUT2D eigenvalue weighted by Gasteiger charge is -2.31. The molecular weight excluding hydrogens is 1610 g/mol. The van der Waals surface area contributed by atoms with E-state index in [2.05, 4.69) is 39.4 Å². The van der Waals surface area contributed by atoms with E-state index in [4.69, 9.17) is 33.2 Å². The fourth-order valence-electron chi connectivity index (χ4n) is 15.3. The van der Waals surface area contributed by atoms with Crippen LogP contribution in [0.4, 0.5) is 103 Å². The van der Waals surface area contributed by atoms with Gasteiger partial charge in [-0.25, -0.2) is 85.3 Å². The third-order valence-corrected chi connectivity index (χ3v) is 21.3. The van der Waals surface area contributed by atoms with Crippen molar-refractivity contribution in [3.63, 3.8) is 0 Å². The Labute approximate surface area is 658 Å². The first-order valence-corrected chi connectivity index (χ1v) is 37.2. The molecule has 8 fully saturated rings. The van der Waals surface area contributed by atoms with Crippen LogP contribution < -0.4 is 33.8 Å². The summed E-state index contributed by atoms with van der Waals surface area (Å²) in [6.45, 7) is -0.811. The number of hydrogen-bond acceptors (Lipinski definition) is 24. The summed E-state index contributed by atoms with van der Waals surface area (Å²) in [4.78, 5) is 51.7.